The summed E-state index contributed by atoms with van der Waals surface area (Å²) in [6.07, 6.45) is 9.69. The molecule has 0 aliphatic carbocycles. The van der Waals surface area contributed by atoms with E-state index in [1.807, 2.05) is 36.1 Å². The highest BCUT2D eigenvalue weighted by Crippen LogP contribution is 2.42. The van der Waals surface area contributed by atoms with E-state index in [2.05, 4.69) is 75.6 Å². The van der Waals surface area contributed by atoms with Crippen LogP contribution in [0, 0.1) is 17.6 Å². The molecule has 5 aromatic rings. The zero-order chi connectivity index (χ0) is 49.1. The van der Waals surface area contributed by atoms with Gasteiger partial charge in [0.05, 0.1) is 40.1 Å². The third kappa shape index (κ3) is 11.1. The molecule has 18 heteroatoms. The Labute approximate surface area is 417 Å². The number of halogens is 3. The fourth-order valence-corrected chi connectivity index (χ4v) is 12.6. The number of aryl methyl sites for hydroxylation is 1. The normalized spacial score (nSPS) is 19.2. The Morgan fingerprint density at radius 3 is 2.24 bits per heavy atom. The quantitative estimate of drug-likeness (QED) is 0.0677. The van der Waals surface area contributed by atoms with Gasteiger partial charge in [0.1, 0.15) is 30.3 Å². The number of para-hydroxylation sites is 1. The molecule has 3 aromatic carbocycles. The SMILES string of the molecule is CCOc1cc(N2CCC(N3CCN(CCC4CCN(c5cc(F)c(C6CCC(=O)NC6=O)c(F)c5)CC4)CC3)CC2)c(CC)cc1Nc1ncc(Br)c(Nc2cnc3ccccc3c2P(C)(C)=O)n1. The number of imide groups is 1. The molecule has 0 bridgehead atoms. The number of anilines is 6. The van der Waals surface area contributed by atoms with Crippen LogP contribution in [0.25, 0.3) is 10.9 Å². The minimum Gasteiger partial charge on any atom is -0.492 e. The van der Waals surface area contributed by atoms with E-state index in [-0.39, 0.29) is 18.4 Å². The van der Waals surface area contributed by atoms with Gasteiger partial charge < -0.3 is 34.6 Å². The van der Waals surface area contributed by atoms with Gasteiger partial charge in [-0.3, -0.25) is 24.8 Å². The highest BCUT2D eigenvalue weighted by atomic mass is 79.9. The van der Waals surface area contributed by atoms with E-state index >= 15 is 8.78 Å². The molecule has 6 heterocycles. The number of nitrogens with one attached hydrogen (secondary N) is 3. The summed E-state index contributed by atoms with van der Waals surface area (Å²) in [7, 11) is -2.72. The average Bonchev–Trinajstić information content (AvgIpc) is 3.35. The number of carbonyl (C=O) groups excluding carboxylic acids is 2. The molecule has 0 spiro atoms. The van der Waals surface area contributed by atoms with Gasteiger partial charge in [-0.25, -0.2) is 13.8 Å². The van der Waals surface area contributed by atoms with Crippen molar-refractivity contribution in [2.24, 2.45) is 5.92 Å². The van der Waals surface area contributed by atoms with E-state index in [4.69, 9.17) is 9.72 Å². The second kappa shape index (κ2) is 21.6. The average molecular weight is 1040 g/mol. The number of carbonyl (C=O) groups is 2. The van der Waals surface area contributed by atoms with E-state index in [0.29, 0.717) is 46.2 Å². The number of hydrogen-bond donors (Lipinski definition) is 3. The van der Waals surface area contributed by atoms with Crippen molar-refractivity contribution in [1.29, 1.82) is 0 Å². The molecule has 0 radical (unpaired) electrons. The van der Waals surface area contributed by atoms with Gasteiger partial charge >= 0.3 is 0 Å². The Bertz CT molecular complexity index is 2750. The molecule has 4 aliphatic rings. The molecule has 0 saturated carbocycles. The molecule has 372 valence electrons. The second-order valence-corrected chi connectivity index (χ2v) is 23.4. The molecule has 70 heavy (non-hydrogen) atoms. The lowest BCUT2D eigenvalue weighted by atomic mass is 9.89. The highest BCUT2D eigenvalue weighted by molar-refractivity contribution is 9.10. The van der Waals surface area contributed by atoms with Crippen molar-refractivity contribution < 1.29 is 27.7 Å². The number of piperazine rings is 1. The summed E-state index contributed by atoms with van der Waals surface area (Å²) in [5, 5.41) is 10.6. The monoisotopic (exact) mass is 1040 g/mol. The number of piperidine rings is 3. The summed E-state index contributed by atoms with van der Waals surface area (Å²) in [6.45, 7) is 16.9. The number of pyridine rings is 1. The number of ether oxygens (including phenoxy) is 1. The van der Waals surface area contributed by atoms with E-state index in [9.17, 15) is 14.2 Å². The van der Waals surface area contributed by atoms with Crippen LogP contribution >= 0.6 is 23.1 Å². The fraction of sp³-hybridized carbons (Fsp3) is 0.481. The van der Waals surface area contributed by atoms with E-state index in [1.165, 1.54) is 23.4 Å². The van der Waals surface area contributed by atoms with Gasteiger partial charge in [-0.1, -0.05) is 25.1 Å². The van der Waals surface area contributed by atoms with Crippen LogP contribution in [0.5, 0.6) is 5.75 Å². The smallest absolute Gasteiger partial charge is 0.234 e. The number of rotatable bonds is 15. The Morgan fingerprint density at radius 1 is 0.843 bits per heavy atom. The molecular formula is C52H64BrF2N10O4P. The van der Waals surface area contributed by atoms with Crippen molar-refractivity contribution in [2.75, 3.05) is 99.3 Å². The molecule has 4 saturated heterocycles. The largest absolute Gasteiger partial charge is 0.492 e. The molecule has 14 nitrogen and oxygen atoms in total. The topological polar surface area (TPSA) is 148 Å². The molecule has 9 rings (SSSR count). The maximum atomic E-state index is 15.2. The van der Waals surface area contributed by atoms with Crippen LogP contribution < -0.4 is 35.8 Å². The summed E-state index contributed by atoms with van der Waals surface area (Å²) in [5.74, 6) is -1.28. The lowest BCUT2D eigenvalue weighted by Gasteiger charge is -2.44. The lowest BCUT2D eigenvalue weighted by molar-refractivity contribution is -0.134. The molecule has 2 aromatic heterocycles. The second-order valence-electron chi connectivity index (χ2n) is 19.4. The molecular weight excluding hydrogens is 978 g/mol. The van der Waals surface area contributed by atoms with E-state index in [1.54, 1.807) is 25.7 Å². The van der Waals surface area contributed by atoms with Crippen molar-refractivity contribution in [2.45, 2.75) is 77.2 Å². The first-order valence-corrected chi connectivity index (χ1v) is 28.2. The summed E-state index contributed by atoms with van der Waals surface area (Å²) >= 11 is 3.62. The van der Waals surface area contributed by atoms with Crippen molar-refractivity contribution in [3.63, 3.8) is 0 Å². The third-order valence-corrected chi connectivity index (χ3v) is 16.7. The van der Waals surface area contributed by atoms with Gasteiger partial charge in [-0.05, 0) is 123 Å². The number of hydrogen-bond acceptors (Lipinski definition) is 13. The first-order valence-electron chi connectivity index (χ1n) is 24.8. The zero-order valence-electron chi connectivity index (χ0n) is 40.6. The van der Waals surface area contributed by atoms with Gasteiger partial charge in [0.25, 0.3) is 0 Å². The van der Waals surface area contributed by atoms with Crippen molar-refractivity contribution in [3.05, 3.63) is 88.2 Å². The number of benzene rings is 3. The maximum Gasteiger partial charge on any atom is 0.234 e. The minimum atomic E-state index is -2.72. The Hall–Kier alpha value is -5.22. The summed E-state index contributed by atoms with van der Waals surface area (Å²) < 4.78 is 51.0. The van der Waals surface area contributed by atoms with Gasteiger partial charge in [0, 0.05) is 105 Å². The van der Waals surface area contributed by atoms with Crippen molar-refractivity contribution >= 4 is 85.6 Å². The van der Waals surface area contributed by atoms with Crippen LogP contribution in [0.4, 0.5) is 43.3 Å². The first kappa shape index (κ1) is 49.7. The highest BCUT2D eigenvalue weighted by Gasteiger charge is 2.34. The van der Waals surface area contributed by atoms with Crippen LogP contribution in [0.15, 0.2) is 65.4 Å². The molecule has 2 amide bonds. The van der Waals surface area contributed by atoms with E-state index < -0.39 is 36.5 Å². The molecule has 1 atom stereocenters. The lowest BCUT2D eigenvalue weighted by Crippen LogP contribution is -2.53. The molecule has 4 fully saturated rings. The van der Waals surface area contributed by atoms with E-state index in [0.717, 1.165) is 125 Å². The van der Waals surface area contributed by atoms with Gasteiger partial charge in [-0.2, -0.15) is 4.98 Å². The Morgan fingerprint density at radius 2 is 1.56 bits per heavy atom. The minimum absolute atomic E-state index is 0.0711. The predicted octanol–water partition coefficient (Wildman–Crippen LogP) is 9.18. The third-order valence-electron chi connectivity index (χ3n) is 14.6. The Kier molecular flexibility index (Phi) is 15.4. The van der Waals surface area contributed by atoms with Gasteiger partial charge in [-0.15, -0.1) is 0 Å². The Balaban J connectivity index is 0.759. The van der Waals surface area contributed by atoms with Crippen LogP contribution in [0.3, 0.4) is 0 Å². The predicted molar refractivity (Wildman–Crippen MR) is 278 cm³/mol. The zero-order valence-corrected chi connectivity index (χ0v) is 43.1. The summed E-state index contributed by atoms with van der Waals surface area (Å²) in [6, 6.07) is 15.3. The number of fused-ring (bicyclic) bond motifs is 1. The first-order chi connectivity index (χ1) is 33.8. The number of aromatic nitrogens is 3. The molecule has 4 aliphatic heterocycles. The van der Waals surface area contributed by atoms with Crippen LogP contribution in [-0.4, -0.2) is 121 Å². The van der Waals surface area contributed by atoms with Crippen molar-refractivity contribution in [3.8, 4) is 5.75 Å². The molecule has 1 unspecified atom stereocenters. The van der Waals surface area contributed by atoms with Crippen molar-refractivity contribution in [1.82, 2.24) is 30.1 Å². The standard InChI is InChI=1S/C52H64BrF2N10O4P/c1-5-34-27-43(59-52-57-31-39(53)50(61-52)58-44-32-56-42-10-8-7-9-37(42)49(44)70(3,4)68)46(69-6-2)30-45(34)65-21-16-35(17-22-65)64-25-23-62(24-26-64)18-13-33-14-19-63(20-15-33)36-28-40(54)48(41(55)29-36)38-11-12-47(66)60-51(38)67/h7-10,27-33,35,38H,5-6,11-26H2,1-4H3,(H,60,66,67)(H2,57,58,59,61). The van der Waals surface area contributed by atoms with Crippen LogP contribution in [0.2, 0.25) is 0 Å². The number of nitrogens with zero attached hydrogens (tertiary/aromatic N) is 7. The van der Waals surface area contributed by atoms with Crippen LogP contribution in [-0.2, 0) is 20.6 Å². The van der Waals surface area contributed by atoms with Crippen LogP contribution in [0.1, 0.15) is 75.8 Å². The van der Waals surface area contributed by atoms with Gasteiger partial charge in [0.2, 0.25) is 17.8 Å². The molecule has 3 N–H and O–H groups in total. The summed E-state index contributed by atoms with van der Waals surface area (Å²) in [5.41, 5.74) is 4.89. The number of amides is 2. The maximum absolute atomic E-state index is 15.2. The summed E-state index contributed by atoms with van der Waals surface area (Å²) in [4.78, 5) is 47.8. The fourth-order valence-electron chi connectivity index (χ4n) is 10.8. The van der Waals surface area contributed by atoms with Gasteiger partial charge in [0.15, 0.2) is 0 Å².